The van der Waals surface area contributed by atoms with Crippen LogP contribution in [0.4, 0.5) is 0 Å². The summed E-state index contributed by atoms with van der Waals surface area (Å²) in [6.45, 7) is 1.30. The van der Waals surface area contributed by atoms with Gasteiger partial charge in [-0.15, -0.1) is 0 Å². The van der Waals surface area contributed by atoms with Crippen molar-refractivity contribution in [2.24, 2.45) is 0 Å². The van der Waals surface area contributed by atoms with Crippen LogP contribution in [-0.2, 0) is 0 Å². The zero-order valence-corrected chi connectivity index (χ0v) is 7.89. The largest absolute Gasteiger partial charge is 0.490 e. The van der Waals surface area contributed by atoms with E-state index in [4.69, 9.17) is 14.8 Å². The summed E-state index contributed by atoms with van der Waals surface area (Å²) in [5.41, 5.74) is 0.0950. The van der Waals surface area contributed by atoms with Crippen LogP contribution in [0.3, 0.4) is 0 Å². The monoisotopic (exact) mass is 195 g/mol. The van der Waals surface area contributed by atoms with Gasteiger partial charge in [-0.25, -0.2) is 4.98 Å². The highest BCUT2D eigenvalue weighted by Gasteiger charge is 2.20. The van der Waals surface area contributed by atoms with Gasteiger partial charge in [-0.2, -0.15) is 0 Å². The van der Waals surface area contributed by atoms with Crippen molar-refractivity contribution in [1.82, 2.24) is 4.98 Å². The number of hydrogen-bond donors (Lipinski definition) is 2. The maximum absolute atomic E-state index is 11.1. The molecule has 0 bridgehead atoms. The average molecular weight is 195 g/mol. The van der Waals surface area contributed by atoms with E-state index in [9.17, 15) is 4.79 Å². The predicted molar refractivity (Wildman–Crippen MR) is 50.6 cm³/mol. The van der Waals surface area contributed by atoms with Crippen LogP contribution in [0.5, 0.6) is 5.88 Å². The van der Waals surface area contributed by atoms with Crippen molar-refractivity contribution in [3.63, 3.8) is 0 Å². The summed E-state index contributed by atoms with van der Waals surface area (Å²) in [5.74, 6) is -0.0772. The lowest BCUT2D eigenvalue weighted by molar-refractivity contribution is 0.101. The quantitative estimate of drug-likeness (QED) is 0.476. The second-order valence-corrected chi connectivity index (χ2v) is 2.72. The lowest BCUT2D eigenvalue weighted by Gasteiger charge is -2.06. The molecule has 2 N–H and O–H groups in total. The number of ether oxygens (including phenoxy) is 1. The van der Waals surface area contributed by atoms with Gasteiger partial charge >= 0.3 is 7.12 Å². The van der Waals surface area contributed by atoms with Crippen LogP contribution in [0.25, 0.3) is 0 Å². The van der Waals surface area contributed by atoms with Crippen LogP contribution in [0.15, 0.2) is 12.1 Å². The third-order valence-corrected chi connectivity index (χ3v) is 1.72. The molecule has 0 saturated heterocycles. The molecule has 0 unspecified atom stereocenters. The molecule has 6 heteroatoms. The van der Waals surface area contributed by atoms with E-state index in [1.165, 1.54) is 26.2 Å². The van der Waals surface area contributed by atoms with Crippen LogP contribution < -0.4 is 10.2 Å². The first-order valence-corrected chi connectivity index (χ1v) is 3.98. The SMILES string of the molecule is COc1ccc(B(O)O)c(C(C)=O)n1. The number of carbonyl (C=O) groups excluding carboxylic acids is 1. The highest BCUT2D eigenvalue weighted by atomic mass is 16.5. The molecule has 1 rings (SSSR count). The molecule has 0 aromatic carbocycles. The number of pyridine rings is 1. The summed E-state index contributed by atoms with van der Waals surface area (Å²) in [5, 5.41) is 17.9. The van der Waals surface area contributed by atoms with Gasteiger partial charge in [-0.1, -0.05) is 6.07 Å². The zero-order chi connectivity index (χ0) is 10.7. The molecule has 1 heterocycles. The molecule has 0 fully saturated rings. The number of hydrogen-bond acceptors (Lipinski definition) is 5. The zero-order valence-electron chi connectivity index (χ0n) is 7.89. The molecule has 0 atom stereocenters. The highest BCUT2D eigenvalue weighted by molar-refractivity contribution is 6.60. The number of nitrogens with zero attached hydrogens (tertiary/aromatic N) is 1. The third-order valence-electron chi connectivity index (χ3n) is 1.72. The summed E-state index contributed by atoms with van der Waals surface area (Å²) < 4.78 is 4.81. The normalized spacial score (nSPS) is 9.71. The Morgan fingerprint density at radius 2 is 2.14 bits per heavy atom. The van der Waals surface area contributed by atoms with Gasteiger partial charge in [0.15, 0.2) is 5.78 Å². The fourth-order valence-electron chi connectivity index (χ4n) is 1.06. The smallest absolute Gasteiger partial charge is 0.481 e. The van der Waals surface area contributed by atoms with Crippen molar-refractivity contribution in [2.45, 2.75) is 6.92 Å². The van der Waals surface area contributed by atoms with Crippen molar-refractivity contribution < 1.29 is 19.6 Å². The summed E-state index contributed by atoms with van der Waals surface area (Å²) >= 11 is 0. The molecule has 0 radical (unpaired) electrons. The lowest BCUT2D eigenvalue weighted by Crippen LogP contribution is -2.35. The van der Waals surface area contributed by atoms with Gasteiger partial charge in [0, 0.05) is 12.4 Å². The molecule has 14 heavy (non-hydrogen) atoms. The Bertz CT molecular complexity index is 353. The summed E-state index contributed by atoms with van der Waals surface area (Å²) in [7, 11) is -0.284. The first-order valence-electron chi connectivity index (χ1n) is 3.98. The number of carbonyl (C=O) groups is 1. The van der Waals surface area contributed by atoms with E-state index in [1.54, 1.807) is 0 Å². The predicted octanol–water partition coefficient (Wildman–Crippen LogP) is -1.03. The van der Waals surface area contributed by atoms with E-state index in [0.717, 1.165) is 0 Å². The van der Waals surface area contributed by atoms with Crippen molar-refractivity contribution in [2.75, 3.05) is 7.11 Å². The van der Waals surface area contributed by atoms with E-state index in [1.807, 2.05) is 0 Å². The molecule has 1 aromatic heterocycles. The molecular formula is C8H10BNO4. The Labute approximate surface area is 81.5 Å². The van der Waals surface area contributed by atoms with Gasteiger partial charge in [0.2, 0.25) is 5.88 Å². The Morgan fingerprint density at radius 1 is 1.50 bits per heavy atom. The minimum absolute atomic E-state index is 0.0133. The number of ketones is 1. The van der Waals surface area contributed by atoms with E-state index >= 15 is 0 Å². The fraction of sp³-hybridized carbons (Fsp3) is 0.250. The maximum Gasteiger partial charge on any atom is 0.490 e. The molecule has 0 amide bonds. The molecular weight excluding hydrogens is 185 g/mol. The van der Waals surface area contributed by atoms with Crippen molar-refractivity contribution in [3.8, 4) is 5.88 Å². The minimum Gasteiger partial charge on any atom is -0.481 e. The van der Waals surface area contributed by atoms with Gasteiger partial charge in [-0.05, 0) is 6.07 Å². The molecule has 0 aliphatic heterocycles. The molecule has 0 aliphatic rings. The first kappa shape index (κ1) is 10.7. The molecule has 0 aliphatic carbocycles. The van der Waals surface area contributed by atoms with Crippen LogP contribution in [0, 0.1) is 0 Å². The van der Waals surface area contributed by atoms with Crippen LogP contribution in [0.1, 0.15) is 17.4 Å². The van der Waals surface area contributed by atoms with Gasteiger partial charge in [0.05, 0.1) is 7.11 Å². The molecule has 74 valence electrons. The average Bonchev–Trinajstić information content (AvgIpc) is 2.16. The Balaban J connectivity index is 3.24. The number of Topliss-reactive ketones (excluding diaryl/α,β-unsaturated/α-hetero) is 1. The molecule has 0 saturated carbocycles. The van der Waals surface area contributed by atoms with E-state index in [0.29, 0.717) is 0 Å². The Hall–Kier alpha value is -1.40. The van der Waals surface area contributed by atoms with Gasteiger partial charge in [0.25, 0.3) is 0 Å². The third kappa shape index (κ3) is 2.10. The van der Waals surface area contributed by atoms with E-state index < -0.39 is 7.12 Å². The Kier molecular flexibility index (Phi) is 3.21. The molecule has 0 spiro atoms. The first-order chi connectivity index (χ1) is 6.56. The fourth-order valence-corrected chi connectivity index (χ4v) is 1.06. The summed E-state index contributed by atoms with van der Waals surface area (Å²) in [6, 6.07) is 2.86. The minimum atomic E-state index is -1.70. The van der Waals surface area contributed by atoms with E-state index in [2.05, 4.69) is 4.98 Å². The standard InChI is InChI=1S/C8H10BNO4/c1-5(11)8-6(9(12)13)3-4-7(10-8)14-2/h3-4,12-13H,1-2H3. The molecule has 5 nitrogen and oxygen atoms in total. The van der Waals surface area contributed by atoms with E-state index in [-0.39, 0.29) is 22.8 Å². The lowest BCUT2D eigenvalue weighted by atomic mass is 9.78. The Morgan fingerprint density at radius 3 is 2.57 bits per heavy atom. The maximum atomic E-state index is 11.1. The van der Waals surface area contributed by atoms with Crippen LogP contribution in [0.2, 0.25) is 0 Å². The number of rotatable bonds is 3. The number of methoxy groups -OCH3 is 1. The molecule has 1 aromatic rings. The van der Waals surface area contributed by atoms with Crippen molar-refractivity contribution >= 4 is 18.4 Å². The van der Waals surface area contributed by atoms with Crippen LogP contribution in [-0.4, -0.2) is 35.0 Å². The summed E-state index contributed by atoms with van der Waals surface area (Å²) in [6.07, 6.45) is 0. The van der Waals surface area contributed by atoms with Crippen LogP contribution >= 0.6 is 0 Å². The highest BCUT2D eigenvalue weighted by Crippen LogP contribution is 2.05. The van der Waals surface area contributed by atoms with Gasteiger partial charge in [0.1, 0.15) is 5.69 Å². The van der Waals surface area contributed by atoms with Gasteiger partial charge in [-0.3, -0.25) is 4.79 Å². The van der Waals surface area contributed by atoms with Crippen molar-refractivity contribution in [1.29, 1.82) is 0 Å². The van der Waals surface area contributed by atoms with Gasteiger partial charge < -0.3 is 14.8 Å². The number of aromatic nitrogens is 1. The second-order valence-electron chi connectivity index (χ2n) is 2.72. The topological polar surface area (TPSA) is 79.6 Å². The van der Waals surface area contributed by atoms with Crippen molar-refractivity contribution in [3.05, 3.63) is 17.8 Å². The second kappa shape index (κ2) is 4.21. The summed E-state index contributed by atoms with van der Waals surface area (Å²) in [4.78, 5) is 14.9.